The highest BCUT2D eigenvalue weighted by Gasteiger charge is 2.26. The lowest BCUT2D eigenvalue weighted by atomic mass is 9.92. The number of piperidine rings is 1. The average molecular weight is 288 g/mol. The highest BCUT2D eigenvalue weighted by atomic mass is 35.5. The van der Waals surface area contributed by atoms with E-state index in [2.05, 4.69) is 11.8 Å². The summed E-state index contributed by atoms with van der Waals surface area (Å²) in [6.07, 6.45) is 1.75. The number of rotatable bonds is 3. The Morgan fingerprint density at radius 2 is 2.11 bits per heavy atom. The zero-order valence-corrected chi connectivity index (χ0v) is 12.1. The Morgan fingerprint density at radius 3 is 2.78 bits per heavy atom. The molecule has 0 aliphatic carbocycles. The van der Waals surface area contributed by atoms with Crippen molar-refractivity contribution in [3.05, 3.63) is 33.8 Å². The minimum Gasteiger partial charge on any atom is -0.393 e. The number of aliphatic hydroxyl groups excluding tert-OH is 1. The number of hydrogen-bond donors (Lipinski definition) is 1. The van der Waals surface area contributed by atoms with Gasteiger partial charge in [0.05, 0.1) is 16.1 Å². The fraction of sp³-hybridized carbons (Fsp3) is 0.571. The van der Waals surface area contributed by atoms with Gasteiger partial charge in [0.2, 0.25) is 0 Å². The fourth-order valence-electron chi connectivity index (χ4n) is 2.54. The Hall–Kier alpha value is -0.280. The predicted octanol–water partition coefficient (Wildman–Crippen LogP) is 3.59. The van der Waals surface area contributed by atoms with E-state index in [-0.39, 0.29) is 6.10 Å². The first-order valence-corrected chi connectivity index (χ1v) is 7.20. The van der Waals surface area contributed by atoms with Crippen molar-refractivity contribution in [3.8, 4) is 0 Å². The van der Waals surface area contributed by atoms with Gasteiger partial charge < -0.3 is 5.11 Å². The molecule has 2 rings (SSSR count). The largest absolute Gasteiger partial charge is 0.393 e. The molecular weight excluding hydrogens is 269 g/mol. The van der Waals surface area contributed by atoms with Gasteiger partial charge >= 0.3 is 0 Å². The molecule has 0 radical (unpaired) electrons. The molecule has 1 aromatic carbocycles. The van der Waals surface area contributed by atoms with Gasteiger partial charge in [-0.3, -0.25) is 4.90 Å². The molecule has 1 aliphatic rings. The molecule has 18 heavy (non-hydrogen) atoms. The number of hydrogen-bond acceptors (Lipinski definition) is 2. The minimum atomic E-state index is -0.139. The minimum absolute atomic E-state index is 0.139. The number of halogens is 2. The number of nitrogens with zero attached hydrogens (tertiary/aromatic N) is 1. The number of benzene rings is 1. The maximum absolute atomic E-state index is 9.87. The van der Waals surface area contributed by atoms with Crippen molar-refractivity contribution in [2.24, 2.45) is 5.92 Å². The summed E-state index contributed by atoms with van der Waals surface area (Å²) < 4.78 is 0. The third kappa shape index (κ3) is 3.39. The van der Waals surface area contributed by atoms with Gasteiger partial charge in [-0.25, -0.2) is 0 Å². The second kappa shape index (κ2) is 6.25. The van der Waals surface area contributed by atoms with Crippen LogP contribution in [0.1, 0.15) is 25.3 Å². The van der Waals surface area contributed by atoms with Crippen molar-refractivity contribution in [2.75, 3.05) is 13.1 Å². The Balaban J connectivity index is 1.99. The summed E-state index contributed by atoms with van der Waals surface area (Å²) in [6, 6.07) is 5.78. The van der Waals surface area contributed by atoms with E-state index in [1.165, 1.54) is 5.56 Å². The van der Waals surface area contributed by atoms with Gasteiger partial charge in [0.1, 0.15) is 0 Å². The van der Waals surface area contributed by atoms with Crippen molar-refractivity contribution in [1.29, 1.82) is 0 Å². The molecule has 2 atom stereocenters. The van der Waals surface area contributed by atoms with E-state index in [4.69, 9.17) is 23.2 Å². The van der Waals surface area contributed by atoms with Gasteiger partial charge in [-0.05, 0) is 36.5 Å². The van der Waals surface area contributed by atoms with E-state index in [0.29, 0.717) is 16.0 Å². The van der Waals surface area contributed by atoms with Crippen LogP contribution in [0.2, 0.25) is 10.0 Å². The smallest absolute Gasteiger partial charge is 0.0595 e. The topological polar surface area (TPSA) is 23.5 Å². The standard InChI is InChI=1S/C14H19Cl2NO/c1-2-11-9-17(6-5-14(11)18)8-10-3-4-12(15)13(16)7-10/h3-4,7,11,14,18H,2,5-6,8-9H2,1H3. The van der Waals surface area contributed by atoms with Crippen LogP contribution >= 0.6 is 23.2 Å². The zero-order chi connectivity index (χ0) is 13.1. The van der Waals surface area contributed by atoms with E-state index >= 15 is 0 Å². The first kappa shape index (κ1) is 14.1. The molecule has 2 unspecified atom stereocenters. The highest BCUT2D eigenvalue weighted by Crippen LogP contribution is 2.25. The van der Waals surface area contributed by atoms with Crippen molar-refractivity contribution in [1.82, 2.24) is 4.90 Å². The molecule has 2 nitrogen and oxygen atoms in total. The molecule has 100 valence electrons. The molecule has 0 amide bonds. The summed E-state index contributed by atoms with van der Waals surface area (Å²) in [5, 5.41) is 11.1. The van der Waals surface area contributed by atoms with Crippen molar-refractivity contribution >= 4 is 23.2 Å². The SMILES string of the molecule is CCC1CN(Cc2ccc(Cl)c(Cl)c2)CCC1O. The molecular formula is C14H19Cl2NO. The predicted molar refractivity (Wildman–Crippen MR) is 76.1 cm³/mol. The molecule has 1 fully saturated rings. The van der Waals surface area contributed by atoms with E-state index in [1.807, 2.05) is 18.2 Å². The molecule has 0 spiro atoms. The van der Waals surface area contributed by atoms with Gasteiger partial charge in [-0.1, -0.05) is 36.2 Å². The molecule has 0 aromatic heterocycles. The molecule has 1 saturated heterocycles. The fourth-order valence-corrected chi connectivity index (χ4v) is 2.86. The molecule has 0 saturated carbocycles. The Kier molecular flexibility index (Phi) is 4.91. The van der Waals surface area contributed by atoms with Crippen LogP contribution in [0.3, 0.4) is 0 Å². The average Bonchev–Trinajstić information content (AvgIpc) is 2.36. The second-order valence-corrected chi connectivity index (χ2v) is 5.82. The summed E-state index contributed by atoms with van der Waals surface area (Å²) >= 11 is 11.9. The molecule has 4 heteroatoms. The molecule has 1 N–H and O–H groups in total. The summed E-state index contributed by atoms with van der Waals surface area (Å²) in [6.45, 7) is 4.91. The maximum atomic E-state index is 9.87. The third-order valence-corrected chi connectivity index (χ3v) is 4.43. The first-order chi connectivity index (χ1) is 8.60. The summed E-state index contributed by atoms with van der Waals surface area (Å²) in [5.74, 6) is 0.390. The van der Waals surface area contributed by atoms with Crippen LogP contribution in [-0.2, 0) is 6.54 Å². The van der Waals surface area contributed by atoms with Gasteiger partial charge in [0.15, 0.2) is 0 Å². The Bertz CT molecular complexity index is 411. The number of likely N-dealkylation sites (tertiary alicyclic amines) is 1. The van der Waals surface area contributed by atoms with Crippen LogP contribution in [0, 0.1) is 5.92 Å². The maximum Gasteiger partial charge on any atom is 0.0595 e. The monoisotopic (exact) mass is 287 g/mol. The molecule has 1 aliphatic heterocycles. The Labute approximate surface area is 119 Å². The van der Waals surface area contributed by atoms with Crippen molar-refractivity contribution in [3.63, 3.8) is 0 Å². The van der Waals surface area contributed by atoms with Crippen LogP contribution in [0.5, 0.6) is 0 Å². The van der Waals surface area contributed by atoms with Crippen molar-refractivity contribution in [2.45, 2.75) is 32.4 Å². The second-order valence-electron chi connectivity index (χ2n) is 5.01. The van der Waals surface area contributed by atoms with Crippen LogP contribution < -0.4 is 0 Å². The molecule has 1 aromatic rings. The summed E-state index contributed by atoms with van der Waals surface area (Å²) in [4.78, 5) is 2.38. The van der Waals surface area contributed by atoms with E-state index in [1.54, 1.807) is 0 Å². The van der Waals surface area contributed by atoms with Gasteiger partial charge in [-0.2, -0.15) is 0 Å². The van der Waals surface area contributed by atoms with Crippen molar-refractivity contribution < 1.29 is 5.11 Å². The summed E-state index contributed by atoms with van der Waals surface area (Å²) in [5.41, 5.74) is 1.18. The summed E-state index contributed by atoms with van der Waals surface area (Å²) in [7, 11) is 0. The van der Waals surface area contributed by atoms with Gasteiger partial charge in [-0.15, -0.1) is 0 Å². The third-order valence-electron chi connectivity index (χ3n) is 3.69. The highest BCUT2D eigenvalue weighted by molar-refractivity contribution is 6.42. The van der Waals surface area contributed by atoms with E-state index < -0.39 is 0 Å². The van der Waals surface area contributed by atoms with E-state index in [9.17, 15) is 5.11 Å². The van der Waals surface area contributed by atoms with Crippen LogP contribution in [-0.4, -0.2) is 29.2 Å². The van der Waals surface area contributed by atoms with Gasteiger partial charge in [0.25, 0.3) is 0 Å². The lowest BCUT2D eigenvalue weighted by Gasteiger charge is -2.35. The lowest BCUT2D eigenvalue weighted by molar-refractivity contribution is 0.0222. The lowest BCUT2D eigenvalue weighted by Crippen LogP contribution is -2.42. The van der Waals surface area contributed by atoms with Gasteiger partial charge in [0, 0.05) is 19.6 Å². The number of aliphatic hydroxyl groups is 1. The Morgan fingerprint density at radius 1 is 1.33 bits per heavy atom. The van der Waals surface area contributed by atoms with Crippen LogP contribution in [0.15, 0.2) is 18.2 Å². The first-order valence-electron chi connectivity index (χ1n) is 6.44. The molecule has 1 heterocycles. The van der Waals surface area contributed by atoms with E-state index in [0.717, 1.165) is 32.5 Å². The quantitative estimate of drug-likeness (QED) is 0.919. The van der Waals surface area contributed by atoms with Crippen LogP contribution in [0.4, 0.5) is 0 Å². The van der Waals surface area contributed by atoms with Crippen LogP contribution in [0.25, 0.3) is 0 Å². The normalized spacial score (nSPS) is 25.3. The molecule has 0 bridgehead atoms. The zero-order valence-electron chi connectivity index (χ0n) is 10.6.